The minimum absolute atomic E-state index is 0.270. The van der Waals surface area contributed by atoms with E-state index in [0.717, 1.165) is 20.1 Å². The van der Waals surface area contributed by atoms with Crippen molar-refractivity contribution >= 4 is 22.4 Å². The number of benzene rings is 2. The van der Waals surface area contributed by atoms with Crippen LogP contribution in [0.5, 0.6) is 0 Å². The van der Waals surface area contributed by atoms with Crippen molar-refractivity contribution in [3.05, 3.63) is 59.2 Å². The van der Waals surface area contributed by atoms with E-state index in [9.17, 15) is 8.78 Å². The van der Waals surface area contributed by atoms with Crippen LogP contribution in [0.1, 0.15) is 11.1 Å². The summed E-state index contributed by atoms with van der Waals surface area (Å²) in [5.74, 6) is -0.539. The third kappa shape index (κ3) is 1.53. The van der Waals surface area contributed by atoms with Gasteiger partial charge in [-0.25, -0.2) is 0 Å². The molecule has 0 aromatic heterocycles. The molecular weight excluding hydrogens is 317 g/mol. The molecule has 0 saturated heterocycles. The zero-order valence-electron chi connectivity index (χ0n) is 9.86. The van der Waals surface area contributed by atoms with Crippen molar-refractivity contribution in [1.82, 2.24) is 0 Å². The van der Waals surface area contributed by atoms with Crippen molar-refractivity contribution < 1.29 is 16.4 Å². The molecule has 4 rings (SSSR count). The molecule has 0 aliphatic carbocycles. The summed E-state index contributed by atoms with van der Waals surface area (Å²) in [7, 11) is 0. The zero-order chi connectivity index (χ0) is 13.0. The monoisotopic (exact) mass is 328 g/mol. The standard InChI is InChI=1S/C14H10F2O2Se/c15-11-1-3-13-9(5-11)7-17-19(13)14-4-2-12(16)6-10(14)8-18-19/h1-6H,7-8H2. The molecule has 1 spiro atoms. The number of halogens is 2. The zero-order valence-corrected chi connectivity index (χ0v) is 11.6. The third-order valence-corrected chi connectivity index (χ3v) is 9.37. The van der Waals surface area contributed by atoms with Crippen molar-refractivity contribution in [2.45, 2.75) is 13.2 Å². The van der Waals surface area contributed by atoms with Crippen LogP contribution in [0.15, 0.2) is 36.4 Å². The van der Waals surface area contributed by atoms with Gasteiger partial charge in [0.25, 0.3) is 0 Å². The first-order valence-corrected chi connectivity index (χ1v) is 8.99. The van der Waals surface area contributed by atoms with Crippen LogP contribution in [0.2, 0.25) is 0 Å². The molecule has 2 aromatic carbocycles. The third-order valence-electron chi connectivity index (χ3n) is 3.38. The predicted molar refractivity (Wildman–Crippen MR) is 67.4 cm³/mol. The van der Waals surface area contributed by atoms with Gasteiger partial charge in [0.2, 0.25) is 0 Å². The van der Waals surface area contributed by atoms with Crippen LogP contribution >= 0.6 is 0 Å². The maximum absolute atomic E-state index is 13.3. The average molecular weight is 327 g/mol. The average Bonchev–Trinajstić information content (AvgIpc) is 2.93. The van der Waals surface area contributed by atoms with E-state index in [-0.39, 0.29) is 11.6 Å². The first kappa shape index (κ1) is 11.6. The Hall–Kier alpha value is -1.26. The van der Waals surface area contributed by atoms with Crippen LogP contribution in [0.3, 0.4) is 0 Å². The van der Waals surface area contributed by atoms with Crippen molar-refractivity contribution in [3.63, 3.8) is 0 Å². The summed E-state index contributed by atoms with van der Waals surface area (Å²) in [5.41, 5.74) is 1.69. The maximum atomic E-state index is 13.3. The molecule has 2 aliphatic heterocycles. The van der Waals surface area contributed by atoms with Crippen molar-refractivity contribution in [3.8, 4) is 0 Å². The van der Waals surface area contributed by atoms with Gasteiger partial charge in [0, 0.05) is 0 Å². The van der Waals surface area contributed by atoms with Gasteiger partial charge in [-0.15, -0.1) is 0 Å². The summed E-state index contributed by atoms with van der Waals surface area (Å²) in [4.78, 5) is 0. The Morgan fingerprint density at radius 1 is 0.789 bits per heavy atom. The van der Waals surface area contributed by atoms with Crippen LogP contribution in [0.4, 0.5) is 8.78 Å². The summed E-state index contributed by atoms with van der Waals surface area (Å²) >= 11 is -2.90. The fraction of sp³-hybridized carbons (Fsp3) is 0.143. The molecule has 0 saturated carbocycles. The Kier molecular flexibility index (Phi) is 2.35. The Bertz CT molecular complexity index is 628. The van der Waals surface area contributed by atoms with Gasteiger partial charge in [-0.1, -0.05) is 0 Å². The number of rotatable bonds is 0. The van der Waals surface area contributed by atoms with E-state index < -0.39 is 13.5 Å². The summed E-state index contributed by atoms with van der Waals surface area (Å²) < 4.78 is 40.3. The van der Waals surface area contributed by atoms with E-state index >= 15 is 0 Å². The molecule has 98 valence electrons. The van der Waals surface area contributed by atoms with Crippen molar-refractivity contribution in [2.75, 3.05) is 0 Å². The van der Waals surface area contributed by atoms with Crippen LogP contribution in [-0.2, 0) is 20.9 Å². The molecule has 0 fully saturated rings. The number of hydrogen-bond acceptors (Lipinski definition) is 2. The van der Waals surface area contributed by atoms with Crippen LogP contribution in [-0.4, -0.2) is 13.5 Å². The van der Waals surface area contributed by atoms with Crippen LogP contribution in [0.25, 0.3) is 0 Å². The predicted octanol–water partition coefficient (Wildman–Crippen LogP) is 1.58. The van der Waals surface area contributed by atoms with Gasteiger partial charge in [0.05, 0.1) is 0 Å². The van der Waals surface area contributed by atoms with Gasteiger partial charge < -0.3 is 0 Å². The summed E-state index contributed by atoms with van der Waals surface area (Å²) in [6.07, 6.45) is 0. The molecule has 2 aromatic rings. The Balaban J connectivity index is 1.92. The number of hydrogen-bond donors (Lipinski definition) is 0. The summed E-state index contributed by atoms with van der Waals surface area (Å²) in [6, 6.07) is 9.33. The molecule has 0 N–H and O–H groups in total. The molecule has 19 heavy (non-hydrogen) atoms. The molecule has 0 unspecified atom stereocenters. The van der Waals surface area contributed by atoms with Crippen LogP contribution < -0.4 is 8.92 Å². The summed E-state index contributed by atoms with van der Waals surface area (Å²) in [5, 5.41) is 0. The van der Waals surface area contributed by atoms with Gasteiger partial charge in [-0.05, 0) is 0 Å². The summed E-state index contributed by atoms with van der Waals surface area (Å²) in [6.45, 7) is 0.730. The fourth-order valence-electron chi connectivity index (χ4n) is 2.55. The molecule has 0 radical (unpaired) electrons. The van der Waals surface area contributed by atoms with Crippen LogP contribution in [0, 0.1) is 11.6 Å². The second kappa shape index (κ2) is 3.87. The van der Waals surface area contributed by atoms with Gasteiger partial charge in [-0.3, -0.25) is 0 Å². The van der Waals surface area contributed by atoms with E-state index in [2.05, 4.69) is 0 Å². The quantitative estimate of drug-likeness (QED) is 0.684. The second-order valence-corrected chi connectivity index (χ2v) is 9.48. The van der Waals surface area contributed by atoms with Gasteiger partial charge in [0.15, 0.2) is 0 Å². The molecule has 2 aliphatic rings. The molecular formula is C14H10F2O2Se. The van der Waals surface area contributed by atoms with Gasteiger partial charge >= 0.3 is 111 Å². The first-order chi connectivity index (χ1) is 9.19. The van der Waals surface area contributed by atoms with E-state index in [1.165, 1.54) is 24.3 Å². The topological polar surface area (TPSA) is 18.5 Å². The number of fused-ring (bicyclic) bond motifs is 4. The Morgan fingerprint density at radius 2 is 1.26 bits per heavy atom. The Morgan fingerprint density at radius 3 is 1.74 bits per heavy atom. The molecule has 2 heterocycles. The van der Waals surface area contributed by atoms with Gasteiger partial charge in [-0.2, -0.15) is 0 Å². The molecule has 5 heteroatoms. The van der Waals surface area contributed by atoms with E-state index in [1.807, 2.05) is 0 Å². The van der Waals surface area contributed by atoms with Crippen molar-refractivity contribution in [1.29, 1.82) is 0 Å². The molecule has 0 atom stereocenters. The first-order valence-electron chi connectivity index (χ1n) is 5.88. The molecule has 2 nitrogen and oxygen atoms in total. The SMILES string of the molecule is Fc1ccc2c(c1)CO[Se]21OCc2cc(F)ccc21. The van der Waals surface area contributed by atoms with Gasteiger partial charge in [0.1, 0.15) is 0 Å². The molecule has 0 bridgehead atoms. The fourth-order valence-corrected chi connectivity index (χ4v) is 8.46. The van der Waals surface area contributed by atoms with E-state index in [4.69, 9.17) is 7.64 Å². The van der Waals surface area contributed by atoms with E-state index in [1.54, 1.807) is 12.1 Å². The minimum atomic E-state index is -2.90. The molecule has 0 amide bonds. The van der Waals surface area contributed by atoms with Crippen molar-refractivity contribution in [2.24, 2.45) is 0 Å². The second-order valence-electron chi connectivity index (χ2n) is 4.53. The van der Waals surface area contributed by atoms with E-state index in [0.29, 0.717) is 13.2 Å². The Labute approximate surface area is 111 Å². The normalized spacial score (nSPS) is 20.3.